The van der Waals surface area contributed by atoms with E-state index in [-0.39, 0.29) is 12.6 Å². The third-order valence-corrected chi connectivity index (χ3v) is 4.11. The molecule has 2 unspecified atom stereocenters. The molecule has 2 rings (SSSR count). The van der Waals surface area contributed by atoms with Gasteiger partial charge in [-0.2, -0.15) is 0 Å². The zero-order valence-corrected chi connectivity index (χ0v) is 12.4. The van der Waals surface area contributed by atoms with Crippen molar-refractivity contribution < 1.29 is 14.9 Å². The fourth-order valence-electron chi connectivity index (χ4n) is 3.06. The van der Waals surface area contributed by atoms with E-state index in [1.165, 1.54) is 11.1 Å². The van der Waals surface area contributed by atoms with Crippen molar-refractivity contribution in [2.75, 3.05) is 20.3 Å². The first-order chi connectivity index (χ1) is 9.69. The van der Waals surface area contributed by atoms with Gasteiger partial charge in [0.05, 0.1) is 13.7 Å². The van der Waals surface area contributed by atoms with Gasteiger partial charge >= 0.3 is 0 Å². The predicted octanol–water partition coefficient (Wildman–Crippen LogP) is 1.58. The van der Waals surface area contributed by atoms with Crippen molar-refractivity contribution in [3.63, 3.8) is 0 Å². The summed E-state index contributed by atoms with van der Waals surface area (Å²) in [5.74, 6) is 0.883. The van der Waals surface area contributed by atoms with Crippen LogP contribution in [0.25, 0.3) is 0 Å². The normalized spacial score (nSPS) is 19.8. The first-order valence-electron chi connectivity index (χ1n) is 7.40. The van der Waals surface area contributed by atoms with E-state index in [0.29, 0.717) is 0 Å². The summed E-state index contributed by atoms with van der Waals surface area (Å²) in [4.78, 5) is 2.03. The van der Waals surface area contributed by atoms with Gasteiger partial charge in [-0.3, -0.25) is 4.90 Å². The number of nitrogens with zero attached hydrogens (tertiary/aromatic N) is 1. The van der Waals surface area contributed by atoms with Crippen LogP contribution in [0, 0.1) is 0 Å². The lowest BCUT2D eigenvalue weighted by Gasteiger charge is -2.37. The maximum absolute atomic E-state index is 10.0. The zero-order valence-electron chi connectivity index (χ0n) is 12.4. The number of aliphatic hydroxyl groups is 2. The Hall–Kier alpha value is -1.10. The Kier molecular flexibility index (Phi) is 5.40. The third kappa shape index (κ3) is 3.32. The van der Waals surface area contributed by atoms with Gasteiger partial charge in [-0.05, 0) is 48.9 Å². The van der Waals surface area contributed by atoms with Crippen LogP contribution >= 0.6 is 0 Å². The Bertz CT molecular complexity index is 436. The van der Waals surface area contributed by atoms with E-state index in [2.05, 4.69) is 19.1 Å². The molecule has 0 aliphatic heterocycles. The van der Waals surface area contributed by atoms with Gasteiger partial charge in [0, 0.05) is 12.6 Å². The number of ether oxygens (including phenoxy) is 1. The van der Waals surface area contributed by atoms with E-state index >= 15 is 0 Å². The van der Waals surface area contributed by atoms with Gasteiger partial charge in [0.1, 0.15) is 12.0 Å². The summed E-state index contributed by atoms with van der Waals surface area (Å²) in [5.41, 5.74) is 2.67. The highest BCUT2D eigenvalue weighted by atomic mass is 16.5. The molecule has 0 heterocycles. The molecule has 1 aliphatic carbocycles. The maximum Gasteiger partial charge on any atom is 0.130 e. The Morgan fingerprint density at radius 3 is 2.85 bits per heavy atom. The average Bonchev–Trinajstić information content (AvgIpc) is 2.50. The van der Waals surface area contributed by atoms with Crippen molar-refractivity contribution in [2.45, 2.75) is 44.9 Å². The van der Waals surface area contributed by atoms with Crippen molar-refractivity contribution in [3.8, 4) is 5.75 Å². The van der Waals surface area contributed by atoms with Crippen LogP contribution in [0.5, 0.6) is 5.75 Å². The molecule has 4 nitrogen and oxygen atoms in total. The molecule has 2 N–H and O–H groups in total. The Morgan fingerprint density at radius 1 is 1.40 bits per heavy atom. The molecule has 1 aromatic rings. The summed E-state index contributed by atoms with van der Waals surface area (Å²) in [6.07, 6.45) is 3.16. The van der Waals surface area contributed by atoms with Gasteiger partial charge < -0.3 is 14.9 Å². The fraction of sp³-hybridized carbons (Fsp3) is 0.625. The summed E-state index contributed by atoms with van der Waals surface area (Å²) in [6, 6.07) is 6.52. The van der Waals surface area contributed by atoms with Crippen molar-refractivity contribution in [3.05, 3.63) is 29.3 Å². The number of aryl methyl sites for hydroxylation is 1. The summed E-state index contributed by atoms with van der Waals surface area (Å²) in [5, 5.41) is 19.2. The molecule has 1 aliphatic rings. The highest BCUT2D eigenvalue weighted by Gasteiger charge is 2.27. The van der Waals surface area contributed by atoms with Crippen LogP contribution in [0.1, 0.15) is 30.9 Å². The third-order valence-electron chi connectivity index (χ3n) is 4.11. The molecule has 112 valence electrons. The topological polar surface area (TPSA) is 52.9 Å². The fourth-order valence-corrected chi connectivity index (χ4v) is 3.06. The van der Waals surface area contributed by atoms with Gasteiger partial charge in [0.25, 0.3) is 0 Å². The first-order valence-corrected chi connectivity index (χ1v) is 7.40. The highest BCUT2D eigenvalue weighted by molar-refractivity contribution is 5.37. The molecule has 0 saturated carbocycles. The van der Waals surface area contributed by atoms with E-state index in [1.54, 1.807) is 7.11 Å². The first kappa shape index (κ1) is 15.3. The minimum absolute atomic E-state index is 0.207. The molecule has 1 aromatic carbocycles. The van der Waals surface area contributed by atoms with E-state index in [1.807, 2.05) is 11.0 Å². The summed E-state index contributed by atoms with van der Waals surface area (Å²) >= 11 is 0. The number of fused-ring (bicyclic) bond motifs is 1. The zero-order chi connectivity index (χ0) is 14.5. The van der Waals surface area contributed by atoms with Crippen LogP contribution in [0.15, 0.2) is 18.2 Å². The molecular formula is C16H25NO3. The number of aliphatic hydroxyl groups excluding tert-OH is 2. The van der Waals surface area contributed by atoms with Crippen LogP contribution < -0.4 is 4.74 Å². The lowest BCUT2D eigenvalue weighted by molar-refractivity contribution is -0.0600. The van der Waals surface area contributed by atoms with Gasteiger partial charge in [-0.15, -0.1) is 0 Å². The SMILES string of the molecule is CCCN(C(O)CO)C1CCc2ccc(OC)cc2C1. The second kappa shape index (κ2) is 7.07. The second-order valence-corrected chi connectivity index (χ2v) is 5.43. The second-order valence-electron chi connectivity index (χ2n) is 5.43. The van der Waals surface area contributed by atoms with E-state index in [4.69, 9.17) is 4.74 Å². The summed E-state index contributed by atoms with van der Waals surface area (Å²) in [6.45, 7) is 2.70. The molecule has 0 radical (unpaired) electrons. The van der Waals surface area contributed by atoms with Gasteiger partial charge in [-0.25, -0.2) is 0 Å². The van der Waals surface area contributed by atoms with Crippen LogP contribution in [0.3, 0.4) is 0 Å². The van der Waals surface area contributed by atoms with E-state index in [0.717, 1.165) is 38.0 Å². The molecule has 0 fully saturated rings. The van der Waals surface area contributed by atoms with Crippen molar-refractivity contribution >= 4 is 0 Å². The lowest BCUT2D eigenvalue weighted by atomic mass is 9.87. The van der Waals surface area contributed by atoms with Gasteiger partial charge in [-0.1, -0.05) is 13.0 Å². The number of rotatable bonds is 6. The van der Waals surface area contributed by atoms with Crippen LogP contribution in [-0.2, 0) is 12.8 Å². The van der Waals surface area contributed by atoms with Crippen molar-refractivity contribution in [1.29, 1.82) is 0 Å². The summed E-state index contributed by atoms with van der Waals surface area (Å²) < 4.78 is 5.29. The molecular weight excluding hydrogens is 254 g/mol. The minimum atomic E-state index is -0.757. The largest absolute Gasteiger partial charge is 0.497 e. The van der Waals surface area contributed by atoms with E-state index in [9.17, 15) is 10.2 Å². The number of hydrogen-bond donors (Lipinski definition) is 2. The number of hydrogen-bond acceptors (Lipinski definition) is 4. The standard InChI is InChI=1S/C16H25NO3/c1-3-8-17(16(19)11-18)14-6-4-12-5-7-15(20-2)10-13(12)9-14/h5,7,10,14,16,18-19H,3-4,6,8-9,11H2,1-2H3. The molecule has 0 aromatic heterocycles. The predicted molar refractivity (Wildman–Crippen MR) is 78.9 cm³/mol. The number of methoxy groups -OCH3 is 1. The monoisotopic (exact) mass is 279 g/mol. The molecule has 4 heteroatoms. The van der Waals surface area contributed by atoms with E-state index < -0.39 is 6.23 Å². The summed E-state index contributed by atoms with van der Waals surface area (Å²) in [7, 11) is 1.68. The number of benzene rings is 1. The maximum atomic E-state index is 10.0. The molecule has 0 spiro atoms. The van der Waals surface area contributed by atoms with Gasteiger partial charge in [0.15, 0.2) is 0 Å². The van der Waals surface area contributed by atoms with Crippen molar-refractivity contribution in [1.82, 2.24) is 4.90 Å². The Balaban J connectivity index is 2.15. The molecule has 2 atom stereocenters. The highest BCUT2D eigenvalue weighted by Crippen LogP contribution is 2.28. The average molecular weight is 279 g/mol. The smallest absolute Gasteiger partial charge is 0.130 e. The minimum Gasteiger partial charge on any atom is -0.497 e. The van der Waals surface area contributed by atoms with Crippen LogP contribution in [0.4, 0.5) is 0 Å². The van der Waals surface area contributed by atoms with Gasteiger partial charge in [0.2, 0.25) is 0 Å². The molecule has 0 saturated heterocycles. The Labute approximate surface area is 121 Å². The van der Waals surface area contributed by atoms with Crippen molar-refractivity contribution in [2.24, 2.45) is 0 Å². The van der Waals surface area contributed by atoms with Crippen LogP contribution in [0.2, 0.25) is 0 Å². The Morgan fingerprint density at radius 2 is 2.20 bits per heavy atom. The molecule has 20 heavy (non-hydrogen) atoms. The lowest BCUT2D eigenvalue weighted by Crippen LogP contribution is -2.47. The quantitative estimate of drug-likeness (QED) is 0.776. The molecule has 0 bridgehead atoms. The van der Waals surface area contributed by atoms with Crippen LogP contribution in [-0.4, -0.2) is 47.6 Å². The molecule has 0 amide bonds.